The first-order valence-corrected chi connectivity index (χ1v) is 7.01. The molecule has 0 saturated carbocycles. The third-order valence-corrected chi connectivity index (χ3v) is 3.61. The number of rotatable bonds is 3. The zero-order valence-electron chi connectivity index (χ0n) is 12.1. The van der Waals surface area contributed by atoms with Gasteiger partial charge in [-0.2, -0.15) is 0 Å². The van der Waals surface area contributed by atoms with Gasteiger partial charge in [0.15, 0.2) is 6.10 Å². The molecule has 1 fully saturated rings. The van der Waals surface area contributed by atoms with Gasteiger partial charge in [-0.1, -0.05) is 17.3 Å². The van der Waals surface area contributed by atoms with Crippen molar-refractivity contribution in [1.82, 2.24) is 19.9 Å². The van der Waals surface area contributed by atoms with Crippen LogP contribution < -0.4 is 5.56 Å². The number of fused-ring (bicyclic) bond motifs is 1. The van der Waals surface area contributed by atoms with Gasteiger partial charge in [0.25, 0.3) is 5.56 Å². The first-order valence-electron chi connectivity index (χ1n) is 7.01. The summed E-state index contributed by atoms with van der Waals surface area (Å²) in [7, 11) is 0. The van der Waals surface area contributed by atoms with Crippen molar-refractivity contribution >= 4 is 22.8 Å². The molecule has 1 aliphatic rings. The van der Waals surface area contributed by atoms with E-state index in [2.05, 4.69) is 10.3 Å². The smallest absolute Gasteiger partial charge is 0.334 e. The Morgan fingerprint density at radius 2 is 2.13 bits per heavy atom. The summed E-state index contributed by atoms with van der Waals surface area (Å²) in [5, 5.41) is 17.0. The van der Waals surface area contributed by atoms with E-state index in [1.807, 2.05) is 0 Å². The third-order valence-electron chi connectivity index (χ3n) is 3.61. The summed E-state index contributed by atoms with van der Waals surface area (Å²) in [6.07, 6.45) is -1.05. The summed E-state index contributed by atoms with van der Waals surface area (Å²) in [6.45, 7) is 0.0757. The highest BCUT2D eigenvalue weighted by molar-refractivity contribution is 5.79. The standard InChI is InChI=1S/C14H14N4O5/c19-12(17-5-6-23-11(7-17)14(21)22)8-18-13(20)9-3-1-2-4-10(9)15-16-18/h1-4,11H,5-8H2,(H,21,22)/t11-/m1/s1. The molecule has 1 amide bonds. The molecule has 1 saturated heterocycles. The maximum atomic E-state index is 12.3. The van der Waals surface area contributed by atoms with Gasteiger partial charge in [0.1, 0.15) is 12.1 Å². The van der Waals surface area contributed by atoms with Crippen LogP contribution in [0.2, 0.25) is 0 Å². The predicted octanol–water partition coefficient (Wildman–Crippen LogP) is -0.896. The molecule has 120 valence electrons. The number of nitrogens with zero attached hydrogens (tertiary/aromatic N) is 4. The lowest BCUT2D eigenvalue weighted by molar-refractivity contribution is -0.159. The molecule has 9 nitrogen and oxygen atoms in total. The summed E-state index contributed by atoms with van der Waals surface area (Å²) in [6, 6.07) is 6.72. The lowest BCUT2D eigenvalue weighted by atomic mass is 10.2. The van der Waals surface area contributed by atoms with Gasteiger partial charge in [-0.3, -0.25) is 9.59 Å². The molecule has 0 bridgehead atoms. The Labute approximate surface area is 130 Å². The fourth-order valence-corrected chi connectivity index (χ4v) is 2.38. The number of carbonyl (C=O) groups excluding carboxylic acids is 1. The summed E-state index contributed by atoms with van der Waals surface area (Å²) in [5.41, 5.74) is 0.0468. The summed E-state index contributed by atoms with van der Waals surface area (Å²) >= 11 is 0. The van der Waals surface area contributed by atoms with Crippen LogP contribution in [0, 0.1) is 0 Å². The van der Waals surface area contributed by atoms with Crippen LogP contribution in [-0.2, 0) is 20.9 Å². The number of aliphatic carboxylic acids is 1. The van der Waals surface area contributed by atoms with E-state index in [0.717, 1.165) is 4.68 Å². The minimum Gasteiger partial charge on any atom is -0.479 e. The molecule has 2 aromatic rings. The quantitative estimate of drug-likeness (QED) is 0.780. The van der Waals surface area contributed by atoms with Gasteiger partial charge in [0.2, 0.25) is 5.91 Å². The SMILES string of the molecule is O=C(O)[C@H]1CN(C(=O)Cn2nnc3ccccc3c2=O)CCO1. The number of carboxylic acids is 1. The zero-order chi connectivity index (χ0) is 16.4. The molecule has 1 aliphatic heterocycles. The lowest BCUT2D eigenvalue weighted by Crippen LogP contribution is -2.50. The van der Waals surface area contributed by atoms with E-state index in [1.165, 1.54) is 4.90 Å². The van der Waals surface area contributed by atoms with Crippen LogP contribution in [0.3, 0.4) is 0 Å². The van der Waals surface area contributed by atoms with E-state index in [1.54, 1.807) is 24.3 Å². The second kappa shape index (κ2) is 6.13. The first-order chi connectivity index (χ1) is 11.1. The summed E-state index contributed by atoms with van der Waals surface area (Å²) < 4.78 is 6.04. The highest BCUT2D eigenvalue weighted by Gasteiger charge is 2.29. The number of carbonyl (C=O) groups is 2. The van der Waals surface area contributed by atoms with Gasteiger partial charge in [0, 0.05) is 6.54 Å². The van der Waals surface area contributed by atoms with Crippen molar-refractivity contribution in [1.29, 1.82) is 0 Å². The van der Waals surface area contributed by atoms with Crippen molar-refractivity contribution < 1.29 is 19.4 Å². The maximum Gasteiger partial charge on any atom is 0.334 e. The number of carboxylic acid groups (broad SMARTS) is 1. The molecule has 1 atom stereocenters. The molecule has 3 rings (SSSR count). The number of ether oxygens (including phenoxy) is 1. The van der Waals surface area contributed by atoms with E-state index in [9.17, 15) is 14.4 Å². The van der Waals surface area contributed by atoms with Gasteiger partial charge in [-0.15, -0.1) is 5.10 Å². The number of aromatic nitrogens is 3. The molecular formula is C14H14N4O5. The number of hydrogen-bond donors (Lipinski definition) is 1. The van der Waals surface area contributed by atoms with Crippen LogP contribution in [0.5, 0.6) is 0 Å². The molecule has 0 aliphatic carbocycles. The van der Waals surface area contributed by atoms with Gasteiger partial charge in [-0.25, -0.2) is 9.48 Å². The molecule has 1 aromatic carbocycles. The fraction of sp³-hybridized carbons (Fsp3) is 0.357. The van der Waals surface area contributed by atoms with E-state index in [0.29, 0.717) is 10.9 Å². The zero-order valence-corrected chi connectivity index (χ0v) is 12.1. The molecule has 1 aromatic heterocycles. The number of hydrogen-bond acceptors (Lipinski definition) is 6. The van der Waals surface area contributed by atoms with Crippen molar-refractivity contribution in [3.63, 3.8) is 0 Å². The molecule has 9 heteroatoms. The van der Waals surface area contributed by atoms with Crippen LogP contribution in [0.25, 0.3) is 10.9 Å². The Bertz CT molecular complexity index is 818. The Morgan fingerprint density at radius 1 is 1.35 bits per heavy atom. The number of morpholine rings is 1. The molecule has 0 radical (unpaired) electrons. The molecule has 0 spiro atoms. The molecular weight excluding hydrogens is 304 g/mol. The number of amides is 1. The van der Waals surface area contributed by atoms with Gasteiger partial charge in [-0.05, 0) is 12.1 Å². The summed E-state index contributed by atoms with van der Waals surface area (Å²) in [5.74, 6) is -1.52. The van der Waals surface area contributed by atoms with Crippen LogP contribution in [0.4, 0.5) is 0 Å². The minimum absolute atomic E-state index is 0.0517. The Kier molecular flexibility index (Phi) is 4.02. The second-order valence-electron chi connectivity index (χ2n) is 5.11. The van der Waals surface area contributed by atoms with E-state index in [-0.39, 0.29) is 26.2 Å². The Morgan fingerprint density at radius 3 is 2.91 bits per heavy atom. The Hall–Kier alpha value is -2.81. The first kappa shape index (κ1) is 15.1. The predicted molar refractivity (Wildman–Crippen MR) is 77.8 cm³/mol. The van der Waals surface area contributed by atoms with Gasteiger partial charge >= 0.3 is 5.97 Å². The monoisotopic (exact) mass is 318 g/mol. The summed E-state index contributed by atoms with van der Waals surface area (Å²) in [4.78, 5) is 36.9. The molecule has 2 heterocycles. The maximum absolute atomic E-state index is 12.3. The van der Waals surface area contributed by atoms with Crippen molar-refractivity contribution in [2.45, 2.75) is 12.6 Å². The highest BCUT2D eigenvalue weighted by Crippen LogP contribution is 2.07. The van der Waals surface area contributed by atoms with E-state index < -0.39 is 23.5 Å². The van der Waals surface area contributed by atoms with Crippen LogP contribution in [-0.4, -0.2) is 62.7 Å². The largest absolute Gasteiger partial charge is 0.479 e. The van der Waals surface area contributed by atoms with E-state index in [4.69, 9.17) is 9.84 Å². The average Bonchev–Trinajstić information content (AvgIpc) is 2.57. The highest BCUT2D eigenvalue weighted by atomic mass is 16.5. The van der Waals surface area contributed by atoms with Gasteiger partial charge < -0.3 is 14.7 Å². The van der Waals surface area contributed by atoms with Crippen molar-refractivity contribution in [2.75, 3.05) is 19.7 Å². The van der Waals surface area contributed by atoms with Crippen molar-refractivity contribution in [3.8, 4) is 0 Å². The van der Waals surface area contributed by atoms with Crippen molar-refractivity contribution in [2.24, 2.45) is 0 Å². The van der Waals surface area contributed by atoms with Crippen LogP contribution >= 0.6 is 0 Å². The van der Waals surface area contributed by atoms with Crippen molar-refractivity contribution in [3.05, 3.63) is 34.6 Å². The van der Waals surface area contributed by atoms with E-state index >= 15 is 0 Å². The van der Waals surface area contributed by atoms with Crippen LogP contribution in [0.15, 0.2) is 29.1 Å². The van der Waals surface area contributed by atoms with Gasteiger partial charge in [0.05, 0.1) is 18.5 Å². The number of benzene rings is 1. The minimum atomic E-state index is -1.12. The van der Waals surface area contributed by atoms with Crippen LogP contribution in [0.1, 0.15) is 0 Å². The third kappa shape index (κ3) is 3.04. The lowest BCUT2D eigenvalue weighted by Gasteiger charge is -2.30. The molecule has 0 unspecified atom stereocenters. The fourth-order valence-electron chi connectivity index (χ4n) is 2.38. The molecule has 1 N–H and O–H groups in total. The second-order valence-corrected chi connectivity index (χ2v) is 5.11. The Balaban J connectivity index is 1.79. The topological polar surface area (TPSA) is 115 Å². The average molecular weight is 318 g/mol. The normalized spacial score (nSPS) is 18.1. The molecule has 23 heavy (non-hydrogen) atoms.